The van der Waals surface area contributed by atoms with Gasteiger partial charge in [-0.25, -0.2) is 0 Å². The quantitative estimate of drug-likeness (QED) is 0.217. The molecule has 56 heavy (non-hydrogen) atoms. The second-order valence-corrected chi connectivity index (χ2v) is 26.3. The molecular weight excluding hydrogens is 683 g/mol. The second kappa shape index (κ2) is 23.7. The molecule has 0 radical (unpaired) electrons. The monoisotopic (exact) mass is 788 g/mol. The molecular formula is C52H105N3O. The van der Waals surface area contributed by atoms with Crippen molar-refractivity contribution in [3.63, 3.8) is 0 Å². The van der Waals surface area contributed by atoms with E-state index in [0.29, 0.717) is 27.1 Å². The predicted molar refractivity (Wildman–Crippen MR) is 250 cm³/mol. The SMILES string of the molecule is CC(C)(C)CC1CC2CCC(C1)N2.CC(C)(C)CC1CCCCC1.CC(C)(C)CC1CCNC1.CC(C)(C)CC1CNC1.CC(C)(C)CCC1(O)CCCCC1. The van der Waals surface area contributed by atoms with E-state index >= 15 is 0 Å². The third kappa shape index (κ3) is 26.8. The molecule has 0 spiro atoms. The van der Waals surface area contributed by atoms with Gasteiger partial charge in [-0.1, -0.05) is 155 Å². The Bertz CT molecular complexity index is 983. The summed E-state index contributed by atoms with van der Waals surface area (Å²) >= 11 is 0. The van der Waals surface area contributed by atoms with E-state index in [9.17, 15) is 5.11 Å². The topological polar surface area (TPSA) is 56.3 Å². The molecule has 4 heterocycles. The Balaban J connectivity index is 0.000000243. The van der Waals surface area contributed by atoms with Crippen LogP contribution in [-0.2, 0) is 0 Å². The van der Waals surface area contributed by atoms with Gasteiger partial charge in [-0.2, -0.15) is 0 Å². The van der Waals surface area contributed by atoms with Crippen LogP contribution in [0, 0.1) is 50.7 Å². The van der Waals surface area contributed by atoms with Crippen LogP contribution in [0.3, 0.4) is 0 Å². The fraction of sp³-hybridized carbons (Fsp3) is 1.00. The Hall–Kier alpha value is -0.160. The maximum Gasteiger partial charge on any atom is 0.0648 e. The highest BCUT2D eigenvalue weighted by molar-refractivity contribution is 4.93. The Kier molecular flexibility index (Phi) is 22.0. The Morgan fingerprint density at radius 1 is 0.446 bits per heavy atom. The zero-order valence-electron chi connectivity index (χ0n) is 41.1. The molecule has 4 saturated heterocycles. The molecule has 3 atom stereocenters. The second-order valence-electron chi connectivity index (χ2n) is 26.3. The first-order valence-electron chi connectivity index (χ1n) is 24.6. The molecule has 4 heteroatoms. The van der Waals surface area contributed by atoms with E-state index in [-0.39, 0.29) is 5.60 Å². The number of aliphatic hydroxyl groups is 1. The van der Waals surface area contributed by atoms with Crippen molar-refractivity contribution in [3.05, 3.63) is 0 Å². The fourth-order valence-electron chi connectivity index (χ4n) is 10.6. The summed E-state index contributed by atoms with van der Waals surface area (Å²) in [5.74, 6) is 3.95. The van der Waals surface area contributed by atoms with Gasteiger partial charge in [-0.15, -0.1) is 0 Å². The molecule has 334 valence electrons. The summed E-state index contributed by atoms with van der Waals surface area (Å²) in [6, 6.07) is 1.73. The number of fused-ring (bicyclic) bond motifs is 2. The molecule has 0 amide bonds. The lowest BCUT2D eigenvalue weighted by Crippen LogP contribution is -2.43. The Morgan fingerprint density at radius 3 is 1.27 bits per heavy atom. The van der Waals surface area contributed by atoms with E-state index < -0.39 is 0 Å². The molecule has 3 unspecified atom stereocenters. The van der Waals surface area contributed by atoms with Crippen molar-refractivity contribution in [1.82, 2.24) is 16.0 Å². The van der Waals surface area contributed by atoms with Crippen LogP contribution < -0.4 is 16.0 Å². The van der Waals surface area contributed by atoms with E-state index in [1.807, 2.05) is 0 Å². The van der Waals surface area contributed by atoms with Gasteiger partial charge in [-0.05, 0) is 160 Å². The van der Waals surface area contributed by atoms with Gasteiger partial charge in [0.1, 0.15) is 0 Å². The zero-order valence-corrected chi connectivity index (χ0v) is 41.1. The summed E-state index contributed by atoms with van der Waals surface area (Å²) in [5, 5.41) is 20.6. The first kappa shape index (κ1) is 52.0. The van der Waals surface area contributed by atoms with Gasteiger partial charge in [0, 0.05) is 12.1 Å². The van der Waals surface area contributed by atoms with Gasteiger partial charge < -0.3 is 21.1 Å². The van der Waals surface area contributed by atoms with Crippen LogP contribution in [0.1, 0.15) is 239 Å². The standard InChI is InChI=1S/C12H23N.C12H24O.C11H22.C9H19N.C8H17N/c1-12(2,3)8-9-6-10-4-5-11(7-9)13-10;1-11(2,3)9-10-12(13)7-5-4-6-8-12;1-11(2,3)9-10-7-5-4-6-8-10;1-9(2,3)6-8-4-5-10-7-8;1-8(2,3)4-7-5-9-6-7/h9-11,13H,4-8H2,1-3H3;13H,4-10H2,1-3H3;10H,4-9H2,1-3H3;8,10H,4-7H2,1-3H3;7,9H,4-6H2,1-3H3. The summed E-state index contributed by atoms with van der Waals surface area (Å²) in [4.78, 5) is 0. The van der Waals surface area contributed by atoms with Crippen LogP contribution in [-0.4, -0.2) is 49.0 Å². The minimum Gasteiger partial charge on any atom is -0.390 e. The minimum atomic E-state index is -0.314. The van der Waals surface area contributed by atoms with E-state index in [2.05, 4.69) is 120 Å². The van der Waals surface area contributed by atoms with E-state index in [1.54, 1.807) is 0 Å². The average Bonchev–Trinajstić information content (AvgIpc) is 3.65. The first-order valence-corrected chi connectivity index (χ1v) is 24.6. The van der Waals surface area contributed by atoms with Crippen LogP contribution in [0.25, 0.3) is 0 Å². The van der Waals surface area contributed by atoms with Crippen LogP contribution in [0.15, 0.2) is 0 Å². The molecule has 2 bridgehead atoms. The number of hydrogen-bond acceptors (Lipinski definition) is 4. The van der Waals surface area contributed by atoms with Crippen molar-refractivity contribution in [3.8, 4) is 0 Å². The number of hydrogen-bond donors (Lipinski definition) is 4. The summed E-state index contributed by atoms with van der Waals surface area (Å²) in [7, 11) is 0. The molecule has 6 rings (SSSR count). The molecule has 6 aliphatic rings. The van der Waals surface area contributed by atoms with Crippen molar-refractivity contribution >= 4 is 0 Å². The molecule has 4 aliphatic heterocycles. The molecule has 4 nitrogen and oxygen atoms in total. The molecule has 0 aromatic carbocycles. The third-order valence-corrected chi connectivity index (χ3v) is 13.1. The van der Waals surface area contributed by atoms with Gasteiger partial charge in [0.05, 0.1) is 5.60 Å². The van der Waals surface area contributed by atoms with Crippen LogP contribution >= 0.6 is 0 Å². The van der Waals surface area contributed by atoms with E-state index in [4.69, 9.17) is 0 Å². The first-order chi connectivity index (χ1) is 25.7. The third-order valence-electron chi connectivity index (χ3n) is 13.1. The Morgan fingerprint density at radius 2 is 0.875 bits per heavy atom. The van der Waals surface area contributed by atoms with Crippen molar-refractivity contribution in [2.45, 2.75) is 256 Å². The molecule has 2 aliphatic carbocycles. The summed E-state index contributed by atoms with van der Waals surface area (Å²) < 4.78 is 0. The average molecular weight is 788 g/mol. The van der Waals surface area contributed by atoms with Gasteiger partial charge in [0.2, 0.25) is 0 Å². The van der Waals surface area contributed by atoms with E-state index in [1.165, 1.54) is 135 Å². The van der Waals surface area contributed by atoms with Gasteiger partial charge in [0.25, 0.3) is 0 Å². The normalized spacial score (nSPS) is 27.2. The largest absolute Gasteiger partial charge is 0.390 e. The highest BCUT2D eigenvalue weighted by Gasteiger charge is 2.35. The number of piperidine rings is 1. The maximum atomic E-state index is 10.2. The lowest BCUT2D eigenvalue weighted by Gasteiger charge is -2.34. The minimum absolute atomic E-state index is 0.314. The number of rotatable bonds is 6. The van der Waals surface area contributed by atoms with Crippen LogP contribution in [0.5, 0.6) is 0 Å². The van der Waals surface area contributed by atoms with Gasteiger partial charge >= 0.3 is 0 Å². The smallest absolute Gasteiger partial charge is 0.0648 e. The van der Waals surface area contributed by atoms with Crippen molar-refractivity contribution < 1.29 is 5.11 Å². The molecule has 0 aromatic heterocycles. The van der Waals surface area contributed by atoms with Gasteiger partial charge in [-0.3, -0.25) is 0 Å². The summed E-state index contributed by atoms with van der Waals surface area (Å²) in [6.45, 7) is 39.8. The van der Waals surface area contributed by atoms with Crippen molar-refractivity contribution in [2.75, 3.05) is 26.2 Å². The molecule has 2 saturated carbocycles. The predicted octanol–water partition coefficient (Wildman–Crippen LogP) is 14.1. The highest BCUT2D eigenvalue weighted by Crippen LogP contribution is 2.38. The summed E-state index contributed by atoms with van der Waals surface area (Å²) in [6.07, 6.45) is 28.2. The highest BCUT2D eigenvalue weighted by atomic mass is 16.3. The van der Waals surface area contributed by atoms with E-state index in [0.717, 1.165) is 61.4 Å². The Labute approximate surface area is 353 Å². The maximum absolute atomic E-state index is 10.2. The van der Waals surface area contributed by atoms with Gasteiger partial charge in [0.15, 0.2) is 0 Å². The van der Waals surface area contributed by atoms with Crippen LogP contribution in [0.2, 0.25) is 0 Å². The van der Waals surface area contributed by atoms with Crippen molar-refractivity contribution in [1.29, 1.82) is 0 Å². The van der Waals surface area contributed by atoms with Crippen molar-refractivity contribution in [2.24, 2.45) is 50.7 Å². The fourth-order valence-corrected chi connectivity index (χ4v) is 10.6. The molecule has 4 N–H and O–H groups in total. The summed E-state index contributed by atoms with van der Waals surface area (Å²) in [5.41, 5.74) is 2.20. The zero-order chi connectivity index (χ0) is 42.3. The van der Waals surface area contributed by atoms with Crippen LogP contribution in [0.4, 0.5) is 0 Å². The lowest BCUT2D eigenvalue weighted by molar-refractivity contribution is -0.0123. The number of nitrogens with one attached hydrogen (secondary N) is 3. The molecule has 6 fully saturated rings. The lowest BCUT2D eigenvalue weighted by atomic mass is 9.77. The molecule has 0 aromatic rings.